The number of rotatable bonds is 18. The molecule has 0 aliphatic carbocycles. The predicted octanol–water partition coefficient (Wildman–Crippen LogP) is 6.46. The highest BCUT2D eigenvalue weighted by atomic mass is 16.5. The van der Waals surface area contributed by atoms with Gasteiger partial charge in [-0.15, -0.1) is 0 Å². The molecule has 34 heavy (non-hydrogen) atoms. The summed E-state index contributed by atoms with van der Waals surface area (Å²) in [5, 5.41) is 3.36. The van der Waals surface area contributed by atoms with E-state index >= 15 is 0 Å². The molecule has 0 aliphatic rings. The van der Waals surface area contributed by atoms with Crippen molar-refractivity contribution in [2.24, 2.45) is 0 Å². The number of hydrogen-bond donors (Lipinski definition) is 1. The van der Waals surface area contributed by atoms with Gasteiger partial charge in [-0.3, -0.25) is 4.79 Å². The maximum Gasteiger partial charge on any atom is 0.222 e. The van der Waals surface area contributed by atoms with Crippen molar-refractivity contribution < 1.29 is 14.3 Å². The lowest BCUT2D eigenvalue weighted by molar-refractivity contribution is -0.132. The quantitative estimate of drug-likeness (QED) is 0.254. The fourth-order valence-electron chi connectivity index (χ4n) is 3.99. The molecule has 0 bridgehead atoms. The van der Waals surface area contributed by atoms with Crippen molar-refractivity contribution in [1.29, 1.82) is 0 Å². The molecule has 0 saturated carbocycles. The first kappa shape index (κ1) is 27.5. The molecular weight excluding hydrogens is 426 g/mol. The molecule has 0 unspecified atom stereocenters. The minimum Gasteiger partial charge on any atom is -0.493 e. The van der Waals surface area contributed by atoms with Gasteiger partial charge in [-0.1, -0.05) is 57.6 Å². The summed E-state index contributed by atoms with van der Waals surface area (Å²) in [6, 6.07) is 11.8. The minimum atomic E-state index is 0.253. The van der Waals surface area contributed by atoms with Crippen LogP contribution in [0.2, 0.25) is 0 Å². The normalized spacial score (nSPS) is 10.7. The Hall–Kier alpha value is -2.76. The first-order valence-electron chi connectivity index (χ1n) is 12.8. The molecule has 0 spiro atoms. The fourth-order valence-corrected chi connectivity index (χ4v) is 3.99. The molecule has 0 saturated heterocycles. The first-order chi connectivity index (χ1) is 16.7. The lowest BCUT2D eigenvalue weighted by Crippen LogP contribution is -2.31. The van der Waals surface area contributed by atoms with Gasteiger partial charge >= 0.3 is 0 Å². The Labute approximate surface area is 206 Å². The number of methoxy groups -OCH3 is 2. The van der Waals surface area contributed by atoms with Gasteiger partial charge in [0.25, 0.3) is 0 Å². The molecule has 1 amide bonds. The highest BCUT2D eigenvalue weighted by Crippen LogP contribution is 2.28. The number of nitrogens with zero attached hydrogens (tertiary/aromatic N) is 2. The van der Waals surface area contributed by atoms with E-state index in [1.54, 1.807) is 20.4 Å². The van der Waals surface area contributed by atoms with Crippen LogP contribution in [0.5, 0.6) is 11.5 Å². The highest BCUT2D eigenvalue weighted by molar-refractivity contribution is 5.76. The summed E-state index contributed by atoms with van der Waals surface area (Å²) < 4.78 is 10.8. The molecule has 1 aromatic heterocycles. The molecule has 6 nitrogen and oxygen atoms in total. The second-order valence-corrected chi connectivity index (χ2v) is 8.72. The second-order valence-electron chi connectivity index (χ2n) is 8.72. The number of carbonyl (C=O) groups excluding carboxylic acids is 1. The Balaban J connectivity index is 1.82. The lowest BCUT2D eigenvalue weighted by Gasteiger charge is -2.23. The van der Waals surface area contributed by atoms with Gasteiger partial charge in [0.05, 0.1) is 14.2 Å². The van der Waals surface area contributed by atoms with Crippen LogP contribution in [0.1, 0.15) is 76.7 Å². The number of amides is 1. The SMILES string of the molecule is CCCCCCCC(=O)N(CCCCCCNc1ccccn1)Cc1ccc(OC)c(OC)c1. The maximum atomic E-state index is 13.0. The molecule has 188 valence electrons. The van der Waals surface area contributed by atoms with Crippen LogP contribution in [0.4, 0.5) is 5.82 Å². The van der Waals surface area contributed by atoms with E-state index in [0.717, 1.165) is 63.0 Å². The van der Waals surface area contributed by atoms with E-state index in [4.69, 9.17) is 9.47 Å². The standard InChI is InChI=1S/C28H43N3O3/c1-4-5-6-7-10-16-28(32)31(23-24-17-18-25(33-2)26(22-24)34-3)21-14-9-8-12-19-29-27-15-11-13-20-30-27/h11,13,15,17-18,20,22H,4-10,12,14,16,19,21,23H2,1-3H3,(H,29,30). The van der Waals surface area contributed by atoms with Crippen LogP contribution in [0, 0.1) is 0 Å². The molecule has 0 radical (unpaired) electrons. The molecule has 1 aromatic carbocycles. The lowest BCUT2D eigenvalue weighted by atomic mass is 10.1. The molecule has 0 atom stereocenters. The van der Waals surface area contributed by atoms with Crippen molar-refractivity contribution >= 4 is 11.7 Å². The van der Waals surface area contributed by atoms with E-state index in [1.165, 1.54) is 19.3 Å². The molecule has 2 rings (SSSR count). The predicted molar refractivity (Wildman–Crippen MR) is 140 cm³/mol. The number of carbonyl (C=O) groups is 1. The Morgan fingerprint density at radius 3 is 2.41 bits per heavy atom. The summed E-state index contributed by atoms with van der Waals surface area (Å²) in [7, 11) is 3.28. The van der Waals surface area contributed by atoms with Crippen LogP contribution < -0.4 is 14.8 Å². The summed E-state index contributed by atoms with van der Waals surface area (Å²) in [5.74, 6) is 2.59. The minimum absolute atomic E-state index is 0.253. The van der Waals surface area contributed by atoms with Crippen LogP contribution >= 0.6 is 0 Å². The van der Waals surface area contributed by atoms with E-state index in [-0.39, 0.29) is 5.91 Å². The summed E-state index contributed by atoms with van der Waals surface area (Å²) in [6.07, 6.45) is 12.6. The number of aromatic nitrogens is 1. The molecule has 2 aromatic rings. The molecule has 0 aliphatic heterocycles. The average molecular weight is 470 g/mol. The third-order valence-corrected chi connectivity index (χ3v) is 5.99. The van der Waals surface area contributed by atoms with Gasteiger partial charge in [0.2, 0.25) is 5.91 Å². The zero-order valence-electron chi connectivity index (χ0n) is 21.4. The van der Waals surface area contributed by atoms with Crippen molar-refractivity contribution in [2.45, 2.75) is 77.7 Å². The van der Waals surface area contributed by atoms with Gasteiger partial charge in [0, 0.05) is 32.3 Å². The molecule has 6 heteroatoms. The smallest absolute Gasteiger partial charge is 0.222 e. The Morgan fingerprint density at radius 2 is 1.68 bits per heavy atom. The van der Waals surface area contributed by atoms with Gasteiger partial charge < -0.3 is 19.7 Å². The third kappa shape index (κ3) is 10.4. The summed E-state index contributed by atoms with van der Waals surface area (Å²) in [6.45, 7) is 4.53. The van der Waals surface area contributed by atoms with Crippen LogP contribution in [0.3, 0.4) is 0 Å². The van der Waals surface area contributed by atoms with E-state index < -0.39 is 0 Å². The van der Waals surface area contributed by atoms with Gasteiger partial charge in [-0.2, -0.15) is 0 Å². The van der Waals surface area contributed by atoms with E-state index in [1.807, 2.05) is 41.3 Å². The third-order valence-electron chi connectivity index (χ3n) is 5.99. The van der Waals surface area contributed by atoms with Crippen molar-refractivity contribution in [1.82, 2.24) is 9.88 Å². The number of ether oxygens (including phenoxy) is 2. The Kier molecular flexibility index (Phi) is 13.6. The number of anilines is 1. The van der Waals surface area contributed by atoms with Crippen molar-refractivity contribution in [3.8, 4) is 11.5 Å². The van der Waals surface area contributed by atoms with Crippen molar-refractivity contribution in [3.05, 3.63) is 48.2 Å². The largest absolute Gasteiger partial charge is 0.493 e. The van der Waals surface area contributed by atoms with Crippen LogP contribution in [-0.2, 0) is 11.3 Å². The highest BCUT2D eigenvalue weighted by Gasteiger charge is 2.15. The number of unbranched alkanes of at least 4 members (excludes halogenated alkanes) is 7. The number of benzene rings is 1. The summed E-state index contributed by atoms with van der Waals surface area (Å²) in [5.41, 5.74) is 1.07. The van der Waals surface area contributed by atoms with Crippen LogP contribution in [-0.4, -0.2) is 43.1 Å². The van der Waals surface area contributed by atoms with Crippen molar-refractivity contribution in [2.75, 3.05) is 32.6 Å². The number of pyridine rings is 1. The molecule has 0 fully saturated rings. The molecular formula is C28H43N3O3. The maximum absolute atomic E-state index is 13.0. The van der Waals surface area contributed by atoms with E-state index in [9.17, 15) is 4.79 Å². The van der Waals surface area contributed by atoms with E-state index in [0.29, 0.717) is 24.5 Å². The number of nitrogens with one attached hydrogen (secondary N) is 1. The van der Waals surface area contributed by atoms with Crippen LogP contribution in [0.15, 0.2) is 42.6 Å². The van der Waals surface area contributed by atoms with Gasteiger partial charge in [0.1, 0.15) is 5.82 Å². The topological polar surface area (TPSA) is 63.7 Å². The average Bonchev–Trinajstić information content (AvgIpc) is 2.87. The second kappa shape index (κ2) is 16.8. The van der Waals surface area contributed by atoms with E-state index in [2.05, 4.69) is 17.2 Å². The van der Waals surface area contributed by atoms with Gasteiger partial charge in [0.15, 0.2) is 11.5 Å². The van der Waals surface area contributed by atoms with Crippen molar-refractivity contribution in [3.63, 3.8) is 0 Å². The molecule has 1 N–H and O–H groups in total. The Bertz CT molecular complexity index is 814. The fraction of sp³-hybridized carbons (Fsp3) is 0.571. The number of hydrogen-bond acceptors (Lipinski definition) is 5. The molecule has 1 heterocycles. The van der Waals surface area contributed by atoms with Crippen LogP contribution in [0.25, 0.3) is 0 Å². The first-order valence-corrected chi connectivity index (χ1v) is 12.8. The monoisotopic (exact) mass is 469 g/mol. The van der Waals surface area contributed by atoms with Gasteiger partial charge in [-0.05, 0) is 49.1 Å². The summed E-state index contributed by atoms with van der Waals surface area (Å²) in [4.78, 5) is 19.3. The van der Waals surface area contributed by atoms with Gasteiger partial charge in [-0.25, -0.2) is 4.98 Å². The summed E-state index contributed by atoms with van der Waals surface area (Å²) >= 11 is 0. The zero-order chi connectivity index (χ0) is 24.4. The Morgan fingerprint density at radius 1 is 0.912 bits per heavy atom. The zero-order valence-corrected chi connectivity index (χ0v) is 21.4.